The fourth-order valence-electron chi connectivity index (χ4n) is 9.26. The van der Waals surface area contributed by atoms with Gasteiger partial charge >= 0.3 is 0 Å². The second kappa shape index (κ2) is 11.6. The van der Waals surface area contributed by atoms with Gasteiger partial charge in [0.25, 0.3) is 0 Å². The topological polar surface area (TPSA) is 21.3 Å². The van der Waals surface area contributed by atoms with Crippen molar-refractivity contribution in [3.63, 3.8) is 0 Å². The molecule has 11 rings (SSSR count). The Morgan fingerprint density at radius 3 is 1.98 bits per heavy atom. The van der Waals surface area contributed by atoms with Crippen LogP contribution in [0.2, 0.25) is 0 Å². The third-order valence-electron chi connectivity index (χ3n) is 11.6. The van der Waals surface area contributed by atoms with E-state index in [1.54, 1.807) is 0 Å². The Bertz CT molecular complexity index is 3090. The zero-order valence-corrected chi connectivity index (χ0v) is 30.1. The molecule has 2 heterocycles. The molecule has 0 amide bonds. The lowest BCUT2D eigenvalue weighted by Gasteiger charge is -2.33. The predicted molar refractivity (Wildman–Crippen MR) is 226 cm³/mol. The van der Waals surface area contributed by atoms with E-state index in [1.807, 2.05) is 6.07 Å². The van der Waals surface area contributed by atoms with Gasteiger partial charge in [-0.3, -0.25) is 0 Å². The SMILES string of the molecule is CC1(C)c2ccccc2-c2cccc(N(c3ccc4c(c3)c3ccccc3n4-c3ccccc3)c3ccccc3-c3cccc4oc5ccccc5c34)c21. The Balaban J connectivity index is 1.22. The first-order chi connectivity index (χ1) is 26.6. The summed E-state index contributed by atoms with van der Waals surface area (Å²) in [5, 5.41) is 4.70. The van der Waals surface area contributed by atoms with Crippen LogP contribution in [-0.4, -0.2) is 4.57 Å². The average molecular weight is 693 g/mol. The molecule has 54 heavy (non-hydrogen) atoms. The maximum atomic E-state index is 6.42. The highest BCUT2D eigenvalue weighted by Gasteiger charge is 2.39. The van der Waals surface area contributed by atoms with Gasteiger partial charge in [-0.1, -0.05) is 135 Å². The van der Waals surface area contributed by atoms with Crippen molar-refractivity contribution in [1.29, 1.82) is 0 Å². The minimum Gasteiger partial charge on any atom is -0.456 e. The van der Waals surface area contributed by atoms with E-state index in [4.69, 9.17) is 4.42 Å². The Hall–Kier alpha value is -6.84. The van der Waals surface area contributed by atoms with E-state index in [9.17, 15) is 0 Å². The maximum absolute atomic E-state index is 6.42. The number of nitrogens with zero attached hydrogens (tertiary/aromatic N) is 2. The van der Waals surface area contributed by atoms with Crippen molar-refractivity contribution in [3.05, 3.63) is 193 Å². The van der Waals surface area contributed by atoms with Crippen LogP contribution in [0.15, 0.2) is 186 Å². The smallest absolute Gasteiger partial charge is 0.136 e. The minimum atomic E-state index is -0.218. The standard InChI is InChI=1S/C51H36N2O/c1-51(2)42-24-10-6-18-35(42)39-23-14-27-46(50(39)51)53(34-30-31-45-41(32-34)37-20-8-12-26-44(37)52(45)33-16-4-3-5-17-33)43-25-11-7-19-36(43)38-22-15-29-48-49(38)40-21-9-13-28-47(40)54-48/h3-32H,1-2H3. The van der Waals surface area contributed by atoms with Crippen LogP contribution in [0.4, 0.5) is 17.1 Å². The molecule has 0 fully saturated rings. The van der Waals surface area contributed by atoms with Gasteiger partial charge in [0.05, 0.1) is 22.4 Å². The molecule has 0 aliphatic heterocycles. The number of anilines is 3. The van der Waals surface area contributed by atoms with E-state index < -0.39 is 0 Å². The van der Waals surface area contributed by atoms with Crippen LogP contribution in [-0.2, 0) is 5.41 Å². The summed E-state index contributed by atoms with van der Waals surface area (Å²) in [7, 11) is 0. The molecule has 1 aliphatic carbocycles. The first-order valence-corrected chi connectivity index (χ1v) is 18.7. The van der Waals surface area contributed by atoms with Crippen LogP contribution in [0.1, 0.15) is 25.0 Å². The minimum absolute atomic E-state index is 0.218. The van der Waals surface area contributed by atoms with E-state index in [0.717, 1.165) is 50.1 Å². The lowest BCUT2D eigenvalue weighted by Crippen LogP contribution is -2.21. The molecule has 8 aromatic carbocycles. The number of para-hydroxylation sites is 4. The van der Waals surface area contributed by atoms with Crippen molar-refractivity contribution in [3.8, 4) is 27.9 Å². The molecule has 3 heteroatoms. The molecule has 3 nitrogen and oxygen atoms in total. The van der Waals surface area contributed by atoms with Gasteiger partial charge in [0.15, 0.2) is 0 Å². The molecule has 0 radical (unpaired) electrons. The molecule has 0 saturated heterocycles. The molecule has 1 aliphatic rings. The van der Waals surface area contributed by atoms with Crippen LogP contribution < -0.4 is 4.90 Å². The van der Waals surface area contributed by atoms with E-state index in [-0.39, 0.29) is 5.41 Å². The van der Waals surface area contributed by atoms with Gasteiger partial charge in [-0.2, -0.15) is 0 Å². The summed E-state index contributed by atoms with van der Waals surface area (Å²) in [6.45, 7) is 4.75. The number of furan rings is 1. The van der Waals surface area contributed by atoms with Crippen LogP contribution in [0.3, 0.4) is 0 Å². The third-order valence-corrected chi connectivity index (χ3v) is 11.6. The Labute approximate surface area is 314 Å². The zero-order valence-electron chi connectivity index (χ0n) is 30.1. The van der Waals surface area contributed by atoms with Crippen LogP contribution >= 0.6 is 0 Å². The fraction of sp³-hybridized carbons (Fsp3) is 0.0588. The molecule has 0 spiro atoms. The van der Waals surface area contributed by atoms with Crippen molar-refractivity contribution in [1.82, 2.24) is 4.57 Å². The van der Waals surface area contributed by atoms with Crippen molar-refractivity contribution < 1.29 is 4.42 Å². The van der Waals surface area contributed by atoms with Gasteiger partial charge in [0, 0.05) is 43.9 Å². The first-order valence-electron chi connectivity index (χ1n) is 18.7. The lowest BCUT2D eigenvalue weighted by molar-refractivity contribution is 0.661. The molecule has 0 atom stereocenters. The first kappa shape index (κ1) is 30.8. The monoisotopic (exact) mass is 692 g/mol. The summed E-state index contributed by atoms with van der Waals surface area (Å²) in [5.74, 6) is 0. The highest BCUT2D eigenvalue weighted by Crippen LogP contribution is 2.55. The van der Waals surface area contributed by atoms with Gasteiger partial charge in [0.1, 0.15) is 11.2 Å². The Morgan fingerprint density at radius 1 is 0.463 bits per heavy atom. The van der Waals surface area contributed by atoms with Gasteiger partial charge in [0.2, 0.25) is 0 Å². The normalized spacial score (nSPS) is 13.1. The summed E-state index contributed by atoms with van der Waals surface area (Å²) in [5.41, 5.74) is 16.1. The average Bonchev–Trinajstić information content (AvgIpc) is 3.84. The fourth-order valence-corrected chi connectivity index (χ4v) is 9.26. The van der Waals surface area contributed by atoms with Crippen molar-refractivity contribution in [2.24, 2.45) is 0 Å². The number of benzene rings is 8. The Morgan fingerprint density at radius 2 is 1.09 bits per heavy atom. The molecule has 2 aromatic heterocycles. The van der Waals surface area contributed by atoms with Crippen molar-refractivity contribution >= 4 is 60.8 Å². The zero-order chi connectivity index (χ0) is 36.0. The molecular formula is C51H36N2O. The quantitative estimate of drug-likeness (QED) is 0.179. The maximum Gasteiger partial charge on any atom is 0.136 e. The summed E-state index contributed by atoms with van der Waals surface area (Å²) in [4.78, 5) is 2.51. The van der Waals surface area contributed by atoms with Crippen LogP contribution in [0.25, 0.3) is 71.7 Å². The predicted octanol–water partition coefficient (Wildman–Crippen LogP) is 14.1. The van der Waals surface area contributed by atoms with Crippen molar-refractivity contribution in [2.45, 2.75) is 19.3 Å². The van der Waals surface area contributed by atoms with Crippen LogP contribution in [0, 0.1) is 0 Å². The third kappa shape index (κ3) is 4.36. The summed E-state index contributed by atoms with van der Waals surface area (Å²) in [6.07, 6.45) is 0. The molecule has 0 N–H and O–H groups in total. The van der Waals surface area contributed by atoms with Crippen LogP contribution in [0.5, 0.6) is 0 Å². The second-order valence-corrected chi connectivity index (χ2v) is 14.9. The summed E-state index contributed by atoms with van der Waals surface area (Å²) >= 11 is 0. The lowest BCUT2D eigenvalue weighted by atomic mass is 9.81. The Kier molecular flexibility index (Phi) is 6.60. The molecule has 0 saturated carbocycles. The molecule has 256 valence electrons. The molecule has 0 unspecified atom stereocenters. The van der Waals surface area contributed by atoms with E-state index in [0.29, 0.717) is 0 Å². The highest BCUT2D eigenvalue weighted by atomic mass is 16.3. The highest BCUT2D eigenvalue weighted by molar-refractivity contribution is 6.15. The van der Waals surface area contributed by atoms with Gasteiger partial charge in [-0.15, -0.1) is 0 Å². The largest absolute Gasteiger partial charge is 0.456 e. The van der Waals surface area contributed by atoms with E-state index >= 15 is 0 Å². The number of rotatable bonds is 5. The van der Waals surface area contributed by atoms with Gasteiger partial charge < -0.3 is 13.9 Å². The van der Waals surface area contributed by atoms with E-state index in [2.05, 4.69) is 199 Å². The number of hydrogen-bond acceptors (Lipinski definition) is 2. The molecule has 0 bridgehead atoms. The molecule has 10 aromatic rings. The molecular weight excluding hydrogens is 657 g/mol. The van der Waals surface area contributed by atoms with Crippen molar-refractivity contribution in [2.75, 3.05) is 4.90 Å². The number of hydrogen-bond donors (Lipinski definition) is 0. The van der Waals surface area contributed by atoms with E-state index in [1.165, 1.54) is 49.7 Å². The van der Waals surface area contributed by atoms with Gasteiger partial charge in [-0.05, 0) is 88.5 Å². The van der Waals surface area contributed by atoms with Gasteiger partial charge in [-0.25, -0.2) is 0 Å². The second-order valence-electron chi connectivity index (χ2n) is 14.9. The number of fused-ring (bicyclic) bond motifs is 9. The number of aromatic nitrogens is 1. The summed E-state index contributed by atoms with van der Waals surface area (Å²) < 4.78 is 8.81. The summed E-state index contributed by atoms with van der Waals surface area (Å²) in [6, 6.07) is 65.9.